The van der Waals surface area contributed by atoms with Crippen LogP contribution in [0.4, 0.5) is 0 Å². The highest BCUT2D eigenvalue weighted by Crippen LogP contribution is 2.19. The van der Waals surface area contributed by atoms with Crippen molar-refractivity contribution in [3.05, 3.63) is 64.8 Å². The highest BCUT2D eigenvalue weighted by molar-refractivity contribution is 9.10. The summed E-state index contributed by atoms with van der Waals surface area (Å²) < 4.78 is 11.4. The van der Waals surface area contributed by atoms with Crippen LogP contribution in [0.2, 0.25) is 0 Å². The molecule has 0 bridgehead atoms. The summed E-state index contributed by atoms with van der Waals surface area (Å²) in [6.45, 7) is -0.0892. The second-order valence-corrected chi connectivity index (χ2v) is 6.30. The highest BCUT2D eigenvalue weighted by Gasteiger charge is 2.14. The minimum atomic E-state index is -0.469. The van der Waals surface area contributed by atoms with Gasteiger partial charge in [0.1, 0.15) is 5.75 Å². The summed E-state index contributed by atoms with van der Waals surface area (Å²) in [6.07, 6.45) is 1.71. The van der Waals surface area contributed by atoms with Crippen molar-refractivity contribution in [2.24, 2.45) is 0 Å². The van der Waals surface area contributed by atoms with Gasteiger partial charge < -0.3 is 14.5 Å². The maximum absolute atomic E-state index is 12.2. The lowest BCUT2D eigenvalue weighted by molar-refractivity contribution is -0.143. The van der Waals surface area contributed by atoms with E-state index in [4.69, 9.17) is 9.47 Å². The molecule has 6 heteroatoms. The van der Waals surface area contributed by atoms with Crippen molar-refractivity contribution in [3.63, 3.8) is 0 Å². The third-order valence-electron chi connectivity index (χ3n) is 3.62. The number of esters is 1. The van der Waals surface area contributed by atoms with Gasteiger partial charge in [-0.2, -0.15) is 0 Å². The number of Topliss-reactive ketones (excluding diaryl/α,β-unsaturated/α-hetero) is 1. The number of carbonyl (C=O) groups is 2. The van der Waals surface area contributed by atoms with Crippen molar-refractivity contribution in [2.45, 2.75) is 6.42 Å². The Kier molecular flexibility index (Phi) is 5.50. The van der Waals surface area contributed by atoms with Gasteiger partial charge in [-0.05, 0) is 24.3 Å². The van der Waals surface area contributed by atoms with Crippen LogP contribution in [0.1, 0.15) is 16.8 Å². The molecular weight excluding hydrogens is 386 g/mol. The molecule has 0 unspecified atom stereocenters. The second kappa shape index (κ2) is 7.98. The molecule has 0 aliphatic heterocycles. The molecule has 25 heavy (non-hydrogen) atoms. The van der Waals surface area contributed by atoms with Gasteiger partial charge >= 0.3 is 5.97 Å². The largest absolute Gasteiger partial charge is 0.493 e. The number of ether oxygens (including phenoxy) is 2. The van der Waals surface area contributed by atoms with Gasteiger partial charge in [-0.15, -0.1) is 0 Å². The van der Waals surface area contributed by atoms with Crippen LogP contribution in [-0.4, -0.2) is 30.0 Å². The molecule has 1 aromatic heterocycles. The van der Waals surface area contributed by atoms with Gasteiger partial charge in [0.2, 0.25) is 5.78 Å². The quantitative estimate of drug-likeness (QED) is 0.477. The molecule has 0 spiro atoms. The topological polar surface area (TPSA) is 68.4 Å². The van der Waals surface area contributed by atoms with E-state index in [1.807, 2.05) is 42.5 Å². The lowest BCUT2D eigenvalue weighted by atomic mass is 10.1. The molecule has 0 saturated carbocycles. The third kappa shape index (κ3) is 4.48. The van der Waals surface area contributed by atoms with E-state index in [-0.39, 0.29) is 25.4 Å². The highest BCUT2D eigenvalue weighted by atomic mass is 79.9. The Morgan fingerprint density at radius 2 is 1.92 bits per heavy atom. The Bertz CT molecular complexity index is 903. The van der Waals surface area contributed by atoms with Gasteiger partial charge in [-0.3, -0.25) is 9.59 Å². The first-order valence-corrected chi connectivity index (χ1v) is 8.56. The van der Waals surface area contributed by atoms with Crippen LogP contribution < -0.4 is 4.74 Å². The maximum Gasteiger partial charge on any atom is 0.309 e. The standard InChI is InChI=1S/C19H16BrNO4/c20-13-4-3-5-14(10-13)24-9-8-19(23)25-12-18(22)16-11-21-17-7-2-1-6-15(16)17/h1-7,10-11,21H,8-9,12H2. The van der Waals surface area contributed by atoms with Crippen LogP contribution in [0.15, 0.2) is 59.2 Å². The molecule has 0 aliphatic rings. The number of aromatic nitrogens is 1. The number of nitrogens with one attached hydrogen (secondary N) is 1. The minimum absolute atomic E-state index is 0.0771. The van der Waals surface area contributed by atoms with Gasteiger partial charge in [0, 0.05) is 27.1 Å². The molecule has 0 saturated heterocycles. The summed E-state index contributed by atoms with van der Waals surface area (Å²) in [5.74, 6) is -0.0426. The molecule has 1 heterocycles. The Labute approximate surface area is 153 Å². The molecule has 1 N–H and O–H groups in total. The van der Waals surface area contributed by atoms with E-state index in [1.165, 1.54) is 0 Å². The van der Waals surface area contributed by atoms with E-state index in [1.54, 1.807) is 12.3 Å². The number of benzene rings is 2. The summed E-state index contributed by atoms with van der Waals surface area (Å²) in [7, 11) is 0. The second-order valence-electron chi connectivity index (χ2n) is 5.39. The van der Waals surface area contributed by atoms with E-state index in [2.05, 4.69) is 20.9 Å². The first-order chi connectivity index (χ1) is 12.1. The predicted octanol–water partition coefficient (Wildman–Crippen LogP) is 4.13. The fourth-order valence-corrected chi connectivity index (χ4v) is 2.79. The average molecular weight is 402 g/mol. The summed E-state index contributed by atoms with van der Waals surface area (Å²) in [4.78, 5) is 27.0. The molecule has 2 aromatic carbocycles. The first-order valence-electron chi connectivity index (χ1n) is 7.77. The van der Waals surface area contributed by atoms with E-state index < -0.39 is 5.97 Å². The summed E-state index contributed by atoms with van der Waals surface area (Å²) >= 11 is 3.35. The summed E-state index contributed by atoms with van der Waals surface area (Å²) in [6, 6.07) is 14.8. The number of ketones is 1. The summed E-state index contributed by atoms with van der Waals surface area (Å²) in [5, 5.41) is 0.821. The molecule has 0 aliphatic carbocycles. The molecule has 0 radical (unpaired) electrons. The van der Waals surface area contributed by atoms with Crippen molar-refractivity contribution in [2.75, 3.05) is 13.2 Å². The SMILES string of the molecule is O=C(CCOc1cccc(Br)c1)OCC(=O)c1c[nH]c2ccccc12. The molecule has 0 fully saturated rings. The summed E-state index contributed by atoms with van der Waals surface area (Å²) in [5.41, 5.74) is 1.40. The van der Waals surface area contributed by atoms with Gasteiger partial charge in [-0.25, -0.2) is 0 Å². The number of carbonyl (C=O) groups excluding carboxylic acids is 2. The molecule has 0 atom stereocenters. The number of fused-ring (bicyclic) bond motifs is 1. The Morgan fingerprint density at radius 3 is 2.76 bits per heavy atom. The van der Waals surface area contributed by atoms with Crippen LogP contribution in [0.5, 0.6) is 5.75 Å². The van der Waals surface area contributed by atoms with Crippen LogP contribution >= 0.6 is 15.9 Å². The Hall–Kier alpha value is -2.60. The number of rotatable bonds is 7. The first kappa shape index (κ1) is 17.2. The third-order valence-corrected chi connectivity index (χ3v) is 4.12. The smallest absolute Gasteiger partial charge is 0.309 e. The molecule has 3 rings (SSSR count). The normalized spacial score (nSPS) is 10.6. The van der Waals surface area contributed by atoms with Crippen molar-refractivity contribution in [1.29, 1.82) is 0 Å². The van der Waals surface area contributed by atoms with Gasteiger partial charge in [0.05, 0.1) is 13.0 Å². The zero-order valence-corrected chi connectivity index (χ0v) is 14.9. The number of para-hydroxylation sites is 1. The number of aromatic amines is 1. The average Bonchev–Trinajstić information content (AvgIpc) is 3.04. The van der Waals surface area contributed by atoms with E-state index in [0.29, 0.717) is 11.3 Å². The number of hydrogen-bond acceptors (Lipinski definition) is 4. The number of halogens is 1. The van der Waals surface area contributed by atoms with Crippen LogP contribution in [0.25, 0.3) is 10.9 Å². The molecule has 128 valence electrons. The Morgan fingerprint density at radius 1 is 1.08 bits per heavy atom. The molecule has 5 nitrogen and oxygen atoms in total. The molecular formula is C19H16BrNO4. The van der Waals surface area contributed by atoms with Crippen molar-refractivity contribution in [3.8, 4) is 5.75 Å². The number of H-pyrrole nitrogens is 1. The van der Waals surface area contributed by atoms with Crippen LogP contribution in [0.3, 0.4) is 0 Å². The van der Waals surface area contributed by atoms with E-state index in [9.17, 15) is 9.59 Å². The van der Waals surface area contributed by atoms with E-state index in [0.717, 1.165) is 15.4 Å². The fraction of sp³-hybridized carbons (Fsp3) is 0.158. The zero-order chi connectivity index (χ0) is 17.6. The van der Waals surface area contributed by atoms with Gasteiger partial charge in [0.25, 0.3) is 0 Å². The van der Waals surface area contributed by atoms with Crippen molar-refractivity contribution >= 4 is 38.6 Å². The fourth-order valence-electron chi connectivity index (χ4n) is 2.41. The lowest BCUT2D eigenvalue weighted by Crippen LogP contribution is -2.16. The number of hydrogen-bond donors (Lipinski definition) is 1. The van der Waals surface area contributed by atoms with E-state index >= 15 is 0 Å². The monoisotopic (exact) mass is 401 g/mol. The predicted molar refractivity (Wildman–Crippen MR) is 97.8 cm³/mol. The van der Waals surface area contributed by atoms with Crippen molar-refractivity contribution in [1.82, 2.24) is 4.98 Å². The Balaban J connectivity index is 1.46. The van der Waals surface area contributed by atoms with Gasteiger partial charge in [0.15, 0.2) is 6.61 Å². The van der Waals surface area contributed by atoms with Gasteiger partial charge in [-0.1, -0.05) is 40.2 Å². The van der Waals surface area contributed by atoms with Crippen LogP contribution in [-0.2, 0) is 9.53 Å². The van der Waals surface area contributed by atoms with Crippen molar-refractivity contribution < 1.29 is 19.1 Å². The molecule has 0 amide bonds. The van der Waals surface area contributed by atoms with Crippen LogP contribution in [0, 0.1) is 0 Å². The minimum Gasteiger partial charge on any atom is -0.493 e. The molecule has 3 aromatic rings. The zero-order valence-electron chi connectivity index (χ0n) is 13.3. The lowest BCUT2D eigenvalue weighted by Gasteiger charge is -2.07. The maximum atomic E-state index is 12.2.